The Labute approximate surface area is 173 Å². The minimum absolute atomic E-state index is 0.180. The molecule has 0 spiro atoms. The first kappa shape index (κ1) is 21.0. The number of benzene rings is 1. The number of anilines is 1. The summed E-state index contributed by atoms with van der Waals surface area (Å²) >= 11 is 0. The molecule has 2 heterocycles. The Balaban J connectivity index is 1.68. The van der Waals surface area contributed by atoms with E-state index < -0.39 is 0 Å². The Kier molecular flexibility index (Phi) is 7.41. The maximum atomic E-state index is 5.94. The third-order valence-electron chi connectivity index (χ3n) is 5.08. The van der Waals surface area contributed by atoms with Crippen LogP contribution in [0.3, 0.4) is 0 Å². The van der Waals surface area contributed by atoms with E-state index in [2.05, 4.69) is 26.6 Å². The van der Waals surface area contributed by atoms with Gasteiger partial charge in [0.1, 0.15) is 11.5 Å². The number of likely N-dealkylation sites (tertiary alicyclic amines) is 1. The zero-order valence-corrected chi connectivity index (χ0v) is 17.8. The number of furan rings is 1. The Morgan fingerprint density at radius 1 is 1.21 bits per heavy atom. The highest BCUT2D eigenvalue weighted by molar-refractivity contribution is 5.93. The molecule has 2 aromatic rings. The average Bonchev–Trinajstić information content (AvgIpc) is 3.40. The van der Waals surface area contributed by atoms with Crippen molar-refractivity contribution < 1.29 is 13.9 Å². The van der Waals surface area contributed by atoms with Gasteiger partial charge in [-0.1, -0.05) is 0 Å². The Morgan fingerprint density at radius 3 is 2.62 bits per heavy atom. The Bertz CT molecular complexity index is 812. The number of hydrogen-bond donors (Lipinski definition) is 2. The second kappa shape index (κ2) is 10.2. The van der Waals surface area contributed by atoms with Crippen LogP contribution in [-0.4, -0.2) is 51.3 Å². The van der Waals surface area contributed by atoms with Crippen molar-refractivity contribution in [3.63, 3.8) is 0 Å². The monoisotopic (exact) mass is 400 g/mol. The predicted molar refractivity (Wildman–Crippen MR) is 116 cm³/mol. The molecule has 1 aromatic carbocycles. The van der Waals surface area contributed by atoms with Gasteiger partial charge in [0.25, 0.3) is 0 Å². The summed E-state index contributed by atoms with van der Waals surface area (Å²) < 4.78 is 17.0. The van der Waals surface area contributed by atoms with Gasteiger partial charge in [-0.15, -0.1) is 0 Å². The molecule has 1 fully saturated rings. The number of guanidine groups is 1. The van der Waals surface area contributed by atoms with Crippen molar-refractivity contribution in [2.75, 3.05) is 45.7 Å². The van der Waals surface area contributed by atoms with Crippen LogP contribution >= 0.6 is 0 Å². The van der Waals surface area contributed by atoms with Crippen molar-refractivity contribution >= 4 is 11.6 Å². The molecule has 3 rings (SSSR count). The van der Waals surface area contributed by atoms with Gasteiger partial charge in [0, 0.05) is 25.3 Å². The minimum atomic E-state index is 0.180. The number of nitrogens with zero attached hydrogens (tertiary/aromatic N) is 2. The summed E-state index contributed by atoms with van der Waals surface area (Å²) in [5.74, 6) is 4.05. The lowest BCUT2D eigenvalue weighted by atomic mass is 10.2. The lowest BCUT2D eigenvalue weighted by Crippen LogP contribution is -2.39. The van der Waals surface area contributed by atoms with Crippen LogP contribution in [0.2, 0.25) is 0 Å². The molecule has 0 amide bonds. The summed E-state index contributed by atoms with van der Waals surface area (Å²) in [7, 11) is 3.41. The van der Waals surface area contributed by atoms with Crippen molar-refractivity contribution in [2.45, 2.75) is 32.7 Å². The molecule has 1 aliphatic rings. The molecule has 0 bridgehead atoms. The lowest BCUT2D eigenvalue weighted by Gasteiger charge is -2.27. The van der Waals surface area contributed by atoms with Crippen molar-refractivity contribution in [1.82, 2.24) is 10.2 Å². The molecular weight excluding hydrogens is 368 g/mol. The fourth-order valence-corrected chi connectivity index (χ4v) is 3.63. The maximum Gasteiger partial charge on any atom is 0.195 e. The summed E-state index contributed by atoms with van der Waals surface area (Å²) in [5, 5.41) is 6.78. The van der Waals surface area contributed by atoms with Gasteiger partial charge in [-0.25, -0.2) is 0 Å². The van der Waals surface area contributed by atoms with E-state index in [0.29, 0.717) is 30.6 Å². The summed E-state index contributed by atoms with van der Waals surface area (Å²) in [6, 6.07) is 10.0. The van der Waals surface area contributed by atoms with E-state index in [4.69, 9.17) is 13.9 Å². The van der Waals surface area contributed by atoms with Gasteiger partial charge in [-0.3, -0.25) is 9.89 Å². The number of aliphatic imine (C=N–C) groups is 1. The second-order valence-electron chi connectivity index (χ2n) is 7.08. The Hall–Kier alpha value is -2.67. The smallest absolute Gasteiger partial charge is 0.195 e. The van der Waals surface area contributed by atoms with Crippen LogP contribution in [0.5, 0.6) is 11.5 Å². The van der Waals surface area contributed by atoms with Crippen LogP contribution in [0.4, 0.5) is 5.69 Å². The molecule has 1 aromatic heterocycles. The number of aryl methyl sites for hydroxylation is 1. The van der Waals surface area contributed by atoms with Gasteiger partial charge in [0.15, 0.2) is 17.5 Å². The van der Waals surface area contributed by atoms with Gasteiger partial charge in [-0.05, 0) is 64.0 Å². The summed E-state index contributed by atoms with van der Waals surface area (Å²) in [4.78, 5) is 6.84. The van der Waals surface area contributed by atoms with Crippen molar-refractivity contribution in [3.05, 3.63) is 41.9 Å². The lowest BCUT2D eigenvalue weighted by molar-refractivity contribution is 0.214. The van der Waals surface area contributed by atoms with E-state index >= 15 is 0 Å². The van der Waals surface area contributed by atoms with Crippen LogP contribution in [0.25, 0.3) is 0 Å². The number of nitrogens with one attached hydrogen (secondary N) is 2. The number of methoxy groups -OCH3 is 1. The molecule has 0 radical (unpaired) electrons. The first-order valence-electron chi connectivity index (χ1n) is 10.2. The van der Waals surface area contributed by atoms with E-state index in [0.717, 1.165) is 30.3 Å². The van der Waals surface area contributed by atoms with E-state index in [-0.39, 0.29) is 6.04 Å². The normalized spacial score (nSPS) is 15.9. The first-order chi connectivity index (χ1) is 14.1. The van der Waals surface area contributed by atoms with Crippen molar-refractivity contribution in [2.24, 2.45) is 4.99 Å². The zero-order chi connectivity index (χ0) is 20.6. The topological polar surface area (TPSA) is 71.3 Å². The van der Waals surface area contributed by atoms with E-state index in [1.807, 2.05) is 38.1 Å². The molecule has 29 heavy (non-hydrogen) atoms. The van der Waals surface area contributed by atoms with Crippen molar-refractivity contribution in [1.29, 1.82) is 0 Å². The molecule has 2 N–H and O–H groups in total. The predicted octanol–water partition coefficient (Wildman–Crippen LogP) is 3.82. The van der Waals surface area contributed by atoms with Gasteiger partial charge < -0.3 is 24.5 Å². The highest BCUT2D eigenvalue weighted by Gasteiger charge is 2.26. The van der Waals surface area contributed by atoms with Gasteiger partial charge in [0.05, 0.1) is 19.8 Å². The molecule has 1 aliphatic heterocycles. The van der Waals surface area contributed by atoms with Gasteiger partial charge in [0.2, 0.25) is 0 Å². The summed E-state index contributed by atoms with van der Waals surface area (Å²) in [6.45, 7) is 7.41. The van der Waals surface area contributed by atoms with Crippen molar-refractivity contribution in [3.8, 4) is 11.5 Å². The fraction of sp³-hybridized carbons (Fsp3) is 0.500. The van der Waals surface area contributed by atoms with E-state index in [1.54, 1.807) is 14.2 Å². The molecule has 1 atom stereocenters. The highest BCUT2D eigenvalue weighted by atomic mass is 16.5. The van der Waals surface area contributed by atoms with E-state index in [9.17, 15) is 0 Å². The van der Waals surface area contributed by atoms with Crippen LogP contribution in [-0.2, 0) is 0 Å². The third kappa shape index (κ3) is 5.44. The number of rotatable bonds is 8. The maximum absolute atomic E-state index is 5.94. The van der Waals surface area contributed by atoms with Crippen LogP contribution < -0.4 is 20.1 Å². The first-order valence-corrected chi connectivity index (χ1v) is 10.2. The van der Waals surface area contributed by atoms with Crippen LogP contribution in [0.1, 0.15) is 37.3 Å². The molecule has 0 saturated carbocycles. The third-order valence-corrected chi connectivity index (χ3v) is 5.08. The summed E-state index contributed by atoms with van der Waals surface area (Å²) in [6.07, 6.45) is 2.46. The molecule has 7 heteroatoms. The highest BCUT2D eigenvalue weighted by Crippen LogP contribution is 2.30. The molecular formula is C22H32N4O3. The minimum Gasteiger partial charge on any atom is -0.493 e. The zero-order valence-electron chi connectivity index (χ0n) is 17.8. The molecule has 1 unspecified atom stereocenters. The standard InChI is InChI=1S/C22H32N4O3/c1-5-28-21-14-17(9-11-20(21)27-4)25-22(23-3)24-15-18(26-12-6-7-13-26)19-10-8-16(2)29-19/h8-11,14,18H,5-7,12-13,15H2,1-4H3,(H2,23,24,25). The van der Waals surface area contributed by atoms with Gasteiger partial charge in [-0.2, -0.15) is 0 Å². The van der Waals surface area contributed by atoms with E-state index in [1.165, 1.54) is 12.8 Å². The average molecular weight is 401 g/mol. The Morgan fingerprint density at radius 2 is 2.00 bits per heavy atom. The molecule has 158 valence electrons. The SMILES string of the molecule is CCOc1cc(NC(=NC)NCC(c2ccc(C)o2)N2CCCC2)ccc1OC. The fourth-order valence-electron chi connectivity index (χ4n) is 3.63. The number of ether oxygens (including phenoxy) is 2. The molecule has 1 saturated heterocycles. The largest absolute Gasteiger partial charge is 0.493 e. The molecule has 7 nitrogen and oxygen atoms in total. The quantitative estimate of drug-likeness (QED) is 0.519. The summed E-state index contributed by atoms with van der Waals surface area (Å²) in [5.41, 5.74) is 0.883. The van der Waals surface area contributed by atoms with Gasteiger partial charge >= 0.3 is 0 Å². The number of hydrogen-bond acceptors (Lipinski definition) is 5. The van der Waals surface area contributed by atoms with Crippen LogP contribution in [0.15, 0.2) is 39.7 Å². The molecule has 0 aliphatic carbocycles. The van der Waals surface area contributed by atoms with Crippen LogP contribution in [0, 0.1) is 6.92 Å². The second-order valence-corrected chi connectivity index (χ2v) is 7.08.